The van der Waals surface area contributed by atoms with Crippen molar-refractivity contribution < 1.29 is 0 Å². The summed E-state index contributed by atoms with van der Waals surface area (Å²) in [6.45, 7) is 4.71. The lowest BCUT2D eigenvalue weighted by Crippen LogP contribution is -2.08. The molecule has 6 heteroatoms. The molecule has 0 saturated heterocycles. The second-order valence-corrected chi connectivity index (χ2v) is 5.70. The summed E-state index contributed by atoms with van der Waals surface area (Å²) in [5.41, 5.74) is 11.1. The first-order chi connectivity index (χ1) is 11.6. The molecule has 1 aromatic carbocycles. The van der Waals surface area contributed by atoms with E-state index in [0.717, 1.165) is 11.3 Å². The maximum atomic E-state index is 6.21. The molecule has 4 N–H and O–H groups in total. The van der Waals surface area contributed by atoms with Crippen LogP contribution in [0.4, 0.5) is 23.0 Å². The summed E-state index contributed by atoms with van der Waals surface area (Å²) >= 11 is 0. The molecule has 0 spiro atoms. The molecule has 3 rings (SSSR count). The Morgan fingerprint density at radius 2 is 1.79 bits per heavy atom. The Morgan fingerprint density at radius 3 is 2.50 bits per heavy atom. The summed E-state index contributed by atoms with van der Waals surface area (Å²) < 4.78 is 0. The highest BCUT2D eigenvalue weighted by Gasteiger charge is 2.08. The SMILES string of the molecule is Cc1cc(C)cc(Nc2ncnc(NCc3cccnc3)c2N)c1. The fourth-order valence-corrected chi connectivity index (χ4v) is 2.51. The van der Waals surface area contributed by atoms with Crippen molar-refractivity contribution in [3.63, 3.8) is 0 Å². The van der Waals surface area contributed by atoms with Crippen molar-refractivity contribution in [3.05, 3.63) is 65.7 Å². The van der Waals surface area contributed by atoms with Gasteiger partial charge in [0.25, 0.3) is 0 Å². The molecule has 0 amide bonds. The molecule has 0 unspecified atom stereocenters. The minimum absolute atomic E-state index is 0.487. The molecule has 0 aliphatic heterocycles. The maximum Gasteiger partial charge on any atom is 0.159 e. The van der Waals surface area contributed by atoms with Crippen molar-refractivity contribution in [2.24, 2.45) is 0 Å². The van der Waals surface area contributed by atoms with Gasteiger partial charge in [-0.25, -0.2) is 9.97 Å². The van der Waals surface area contributed by atoms with Gasteiger partial charge in [0.05, 0.1) is 0 Å². The number of hydrogen-bond donors (Lipinski definition) is 3. The number of aromatic nitrogens is 3. The van der Waals surface area contributed by atoms with Crippen LogP contribution in [-0.4, -0.2) is 15.0 Å². The molecule has 6 nitrogen and oxygen atoms in total. The molecule has 122 valence electrons. The third-order valence-corrected chi connectivity index (χ3v) is 3.55. The molecular formula is C18H20N6. The molecule has 0 aliphatic rings. The first-order valence-corrected chi connectivity index (χ1v) is 7.70. The van der Waals surface area contributed by atoms with E-state index in [0.29, 0.717) is 23.9 Å². The van der Waals surface area contributed by atoms with Gasteiger partial charge in [-0.1, -0.05) is 12.1 Å². The number of aryl methyl sites for hydroxylation is 2. The predicted molar refractivity (Wildman–Crippen MR) is 97.2 cm³/mol. The summed E-state index contributed by atoms with van der Waals surface area (Å²) in [6.07, 6.45) is 5.04. The zero-order valence-electron chi connectivity index (χ0n) is 13.7. The summed E-state index contributed by atoms with van der Waals surface area (Å²) in [7, 11) is 0. The van der Waals surface area contributed by atoms with Crippen LogP contribution in [0.15, 0.2) is 49.1 Å². The van der Waals surface area contributed by atoms with E-state index in [4.69, 9.17) is 5.73 Å². The summed E-state index contributed by atoms with van der Waals surface area (Å²) in [5.74, 6) is 1.18. The van der Waals surface area contributed by atoms with E-state index in [1.54, 1.807) is 12.4 Å². The number of anilines is 4. The number of pyridine rings is 1. The monoisotopic (exact) mass is 320 g/mol. The average Bonchev–Trinajstić information content (AvgIpc) is 2.56. The van der Waals surface area contributed by atoms with Crippen molar-refractivity contribution in [2.45, 2.75) is 20.4 Å². The number of benzene rings is 1. The molecule has 0 atom stereocenters. The lowest BCUT2D eigenvalue weighted by Gasteiger charge is -2.13. The van der Waals surface area contributed by atoms with E-state index in [9.17, 15) is 0 Å². The number of rotatable bonds is 5. The van der Waals surface area contributed by atoms with Gasteiger partial charge in [-0.3, -0.25) is 4.98 Å². The number of nitrogens with one attached hydrogen (secondary N) is 2. The van der Waals surface area contributed by atoms with Gasteiger partial charge in [-0.05, 0) is 48.7 Å². The fraction of sp³-hybridized carbons (Fsp3) is 0.167. The van der Waals surface area contributed by atoms with Crippen LogP contribution in [0.5, 0.6) is 0 Å². The average molecular weight is 320 g/mol. The zero-order valence-corrected chi connectivity index (χ0v) is 13.7. The van der Waals surface area contributed by atoms with Crippen LogP contribution < -0.4 is 16.4 Å². The van der Waals surface area contributed by atoms with Crippen LogP contribution in [0.3, 0.4) is 0 Å². The van der Waals surface area contributed by atoms with Gasteiger partial charge in [-0.15, -0.1) is 0 Å². The van der Waals surface area contributed by atoms with E-state index in [1.165, 1.54) is 17.5 Å². The highest BCUT2D eigenvalue weighted by molar-refractivity contribution is 5.77. The Balaban J connectivity index is 1.77. The minimum atomic E-state index is 0.487. The molecular weight excluding hydrogens is 300 g/mol. The van der Waals surface area contributed by atoms with Gasteiger partial charge in [0, 0.05) is 24.6 Å². The standard InChI is InChI=1S/C18H20N6/c1-12-6-13(2)8-15(7-12)24-18-16(19)17(22-11-23-18)21-10-14-4-3-5-20-9-14/h3-9,11H,10,19H2,1-2H3,(H2,21,22,23,24). The van der Waals surface area contributed by atoms with E-state index >= 15 is 0 Å². The first-order valence-electron chi connectivity index (χ1n) is 7.70. The largest absolute Gasteiger partial charge is 0.393 e. The highest BCUT2D eigenvalue weighted by atomic mass is 15.1. The Bertz CT molecular complexity index is 812. The van der Waals surface area contributed by atoms with E-state index in [1.807, 2.05) is 12.1 Å². The number of nitrogen functional groups attached to an aromatic ring is 1. The molecule has 0 bridgehead atoms. The van der Waals surface area contributed by atoms with Gasteiger partial charge in [-0.2, -0.15) is 0 Å². The van der Waals surface area contributed by atoms with E-state index in [2.05, 4.69) is 57.6 Å². The fourth-order valence-electron chi connectivity index (χ4n) is 2.51. The number of nitrogens with zero attached hydrogens (tertiary/aromatic N) is 3. The van der Waals surface area contributed by atoms with Crippen LogP contribution in [0, 0.1) is 13.8 Å². The lowest BCUT2D eigenvalue weighted by atomic mass is 10.1. The first kappa shape index (κ1) is 15.7. The molecule has 0 radical (unpaired) electrons. The van der Waals surface area contributed by atoms with Gasteiger partial charge in [0.1, 0.15) is 12.0 Å². The molecule has 0 aliphatic carbocycles. The third kappa shape index (κ3) is 3.78. The van der Waals surface area contributed by atoms with Gasteiger partial charge >= 0.3 is 0 Å². The third-order valence-electron chi connectivity index (χ3n) is 3.55. The van der Waals surface area contributed by atoms with Crippen molar-refractivity contribution in [1.29, 1.82) is 0 Å². The van der Waals surface area contributed by atoms with Crippen molar-refractivity contribution >= 4 is 23.0 Å². The topological polar surface area (TPSA) is 88.8 Å². The van der Waals surface area contributed by atoms with Crippen LogP contribution in [0.25, 0.3) is 0 Å². The van der Waals surface area contributed by atoms with Gasteiger partial charge < -0.3 is 16.4 Å². The van der Waals surface area contributed by atoms with Crippen molar-refractivity contribution in [3.8, 4) is 0 Å². The van der Waals surface area contributed by atoms with E-state index in [-0.39, 0.29) is 0 Å². The highest BCUT2D eigenvalue weighted by Crippen LogP contribution is 2.26. The number of nitrogens with two attached hydrogens (primary N) is 1. The van der Waals surface area contributed by atoms with Crippen LogP contribution in [0.2, 0.25) is 0 Å². The second kappa shape index (κ2) is 6.95. The Labute approximate surface area is 141 Å². The van der Waals surface area contributed by atoms with Crippen LogP contribution in [0.1, 0.15) is 16.7 Å². The minimum Gasteiger partial charge on any atom is -0.393 e. The smallest absolute Gasteiger partial charge is 0.159 e. The number of hydrogen-bond acceptors (Lipinski definition) is 6. The lowest BCUT2D eigenvalue weighted by molar-refractivity contribution is 1.07. The quantitative estimate of drug-likeness (QED) is 0.667. The van der Waals surface area contributed by atoms with Gasteiger partial charge in [0.15, 0.2) is 11.6 Å². The predicted octanol–water partition coefficient (Wildman–Crippen LogP) is 3.43. The summed E-state index contributed by atoms with van der Waals surface area (Å²) in [6, 6.07) is 10.1. The Hall–Kier alpha value is -3.15. The van der Waals surface area contributed by atoms with Crippen molar-refractivity contribution in [2.75, 3.05) is 16.4 Å². The molecule has 2 aromatic heterocycles. The second-order valence-electron chi connectivity index (χ2n) is 5.70. The maximum absolute atomic E-state index is 6.21. The van der Waals surface area contributed by atoms with Crippen LogP contribution in [-0.2, 0) is 6.54 Å². The van der Waals surface area contributed by atoms with Crippen LogP contribution >= 0.6 is 0 Å². The molecule has 3 aromatic rings. The normalized spacial score (nSPS) is 10.4. The Kier molecular flexibility index (Phi) is 4.56. The van der Waals surface area contributed by atoms with Crippen molar-refractivity contribution in [1.82, 2.24) is 15.0 Å². The molecule has 0 saturated carbocycles. The zero-order chi connectivity index (χ0) is 16.9. The molecule has 2 heterocycles. The Morgan fingerprint density at radius 1 is 1.04 bits per heavy atom. The molecule has 0 fully saturated rings. The summed E-state index contributed by atoms with van der Waals surface area (Å²) in [5, 5.41) is 6.49. The molecule has 24 heavy (non-hydrogen) atoms. The van der Waals surface area contributed by atoms with E-state index < -0.39 is 0 Å². The summed E-state index contributed by atoms with van der Waals surface area (Å²) in [4.78, 5) is 12.6. The van der Waals surface area contributed by atoms with Gasteiger partial charge in [0.2, 0.25) is 0 Å².